The number of halogens is 6. The van der Waals surface area contributed by atoms with Crippen LogP contribution in [0.1, 0.15) is 30.0 Å². The zero-order valence-electron chi connectivity index (χ0n) is 22.0. The molecular weight excluding hydrogens is 560 g/mol. The van der Waals surface area contributed by atoms with Crippen molar-refractivity contribution >= 4 is 11.5 Å². The molecule has 16 heteroatoms. The van der Waals surface area contributed by atoms with Gasteiger partial charge in [-0.3, -0.25) is 9.69 Å². The van der Waals surface area contributed by atoms with Crippen LogP contribution in [-0.4, -0.2) is 82.6 Å². The lowest BCUT2D eigenvalue weighted by Gasteiger charge is -2.43. The number of nitrogens with one attached hydrogen (secondary N) is 2. The van der Waals surface area contributed by atoms with E-state index >= 15 is 0 Å². The number of ether oxygens (including phenoxy) is 1. The molecule has 2 aromatic heterocycles. The molecule has 3 atom stereocenters. The summed E-state index contributed by atoms with van der Waals surface area (Å²) in [5.41, 5.74) is -3.53. The number of aliphatic hydroxyl groups is 1. The molecule has 2 aliphatic heterocycles. The summed E-state index contributed by atoms with van der Waals surface area (Å²) < 4.78 is 84.9. The summed E-state index contributed by atoms with van der Waals surface area (Å²) in [6.45, 7) is 2.98. The van der Waals surface area contributed by atoms with Crippen LogP contribution in [0.15, 0.2) is 29.3 Å². The first kappa shape index (κ1) is 30.4. The van der Waals surface area contributed by atoms with E-state index in [1.54, 1.807) is 11.8 Å². The number of pyridine rings is 2. The monoisotopic (exact) mass is 589 g/mol. The number of alkyl halides is 6. The van der Waals surface area contributed by atoms with Gasteiger partial charge in [-0.1, -0.05) is 0 Å². The lowest BCUT2D eigenvalue weighted by atomic mass is 10.1. The molecule has 2 aromatic rings. The largest absolute Gasteiger partial charge is 0.423 e. The van der Waals surface area contributed by atoms with Gasteiger partial charge in [0.25, 0.3) is 5.56 Å². The van der Waals surface area contributed by atoms with Crippen molar-refractivity contribution in [2.75, 3.05) is 49.6 Å². The molecule has 224 valence electrons. The summed E-state index contributed by atoms with van der Waals surface area (Å²) in [5.74, 6) is 0.383. The minimum absolute atomic E-state index is 0.00666. The van der Waals surface area contributed by atoms with Gasteiger partial charge in [-0.15, -0.1) is 0 Å². The molecule has 0 spiro atoms. The Hall–Kier alpha value is -3.55. The van der Waals surface area contributed by atoms with E-state index in [0.717, 1.165) is 24.5 Å². The lowest BCUT2D eigenvalue weighted by molar-refractivity contribution is -0.138. The average Bonchev–Trinajstić information content (AvgIpc) is 3.05. The second kappa shape index (κ2) is 12.1. The molecule has 0 radical (unpaired) electrons. The third-order valence-electron chi connectivity index (χ3n) is 6.95. The Kier molecular flexibility index (Phi) is 9.00. The summed E-state index contributed by atoms with van der Waals surface area (Å²) in [6, 6.07) is 1.25. The maximum atomic E-state index is 13.2. The van der Waals surface area contributed by atoms with Crippen LogP contribution in [0.4, 0.5) is 37.8 Å². The molecule has 0 aliphatic carbocycles. The SMILES string of the molecule is C[C@@H](COCCC(O)N1CCN2c3ncc(C(F)(F)F)cc3CN(C#N)C[C@H]2C1)Nc1cc[nH]c(=O)c1C(F)(F)F. The van der Waals surface area contributed by atoms with Gasteiger partial charge >= 0.3 is 12.4 Å². The topological polar surface area (TPSA) is 121 Å². The first-order chi connectivity index (χ1) is 19.3. The molecule has 0 saturated carbocycles. The van der Waals surface area contributed by atoms with Crippen LogP contribution in [0.5, 0.6) is 0 Å². The van der Waals surface area contributed by atoms with Gasteiger partial charge in [0.2, 0.25) is 0 Å². The molecular formula is C25H29F6N7O3. The van der Waals surface area contributed by atoms with Crippen molar-refractivity contribution in [1.82, 2.24) is 19.8 Å². The number of nitrogens with zero attached hydrogens (tertiary/aromatic N) is 5. The molecule has 0 aromatic carbocycles. The van der Waals surface area contributed by atoms with Crippen molar-refractivity contribution in [3.8, 4) is 6.19 Å². The second-order valence-corrected chi connectivity index (χ2v) is 10.0. The van der Waals surface area contributed by atoms with Crippen LogP contribution in [0.3, 0.4) is 0 Å². The minimum Gasteiger partial charge on any atom is -0.380 e. The number of hydrogen-bond donors (Lipinski definition) is 3. The highest BCUT2D eigenvalue weighted by Crippen LogP contribution is 2.35. The van der Waals surface area contributed by atoms with E-state index in [0.29, 0.717) is 31.0 Å². The minimum atomic E-state index is -4.84. The maximum Gasteiger partial charge on any atom is 0.423 e. The average molecular weight is 590 g/mol. The summed E-state index contributed by atoms with van der Waals surface area (Å²) in [6.07, 6.45) is -6.23. The third kappa shape index (κ3) is 7.21. The van der Waals surface area contributed by atoms with Gasteiger partial charge in [0.1, 0.15) is 17.6 Å². The zero-order valence-corrected chi connectivity index (χ0v) is 22.0. The van der Waals surface area contributed by atoms with Gasteiger partial charge in [-0.2, -0.15) is 31.6 Å². The predicted molar refractivity (Wildman–Crippen MR) is 135 cm³/mol. The molecule has 10 nitrogen and oxygen atoms in total. The van der Waals surface area contributed by atoms with Crippen molar-refractivity contribution in [3.05, 3.63) is 51.6 Å². The number of aromatic amines is 1. The fraction of sp³-hybridized carbons (Fsp3) is 0.560. The Morgan fingerprint density at radius 2 is 2.00 bits per heavy atom. The van der Waals surface area contributed by atoms with Crippen LogP contribution in [-0.2, 0) is 23.6 Å². The quantitative estimate of drug-likeness (QED) is 0.243. The highest BCUT2D eigenvalue weighted by molar-refractivity contribution is 5.52. The summed E-state index contributed by atoms with van der Waals surface area (Å²) in [5, 5.41) is 22.9. The Morgan fingerprint density at radius 1 is 1.24 bits per heavy atom. The first-order valence-electron chi connectivity index (χ1n) is 12.8. The highest BCUT2D eigenvalue weighted by Gasteiger charge is 2.39. The van der Waals surface area contributed by atoms with E-state index < -0.39 is 41.3 Å². The Labute approximate surface area is 231 Å². The molecule has 4 rings (SSSR count). The van der Waals surface area contributed by atoms with Crippen LogP contribution < -0.4 is 15.8 Å². The molecule has 1 saturated heterocycles. The molecule has 1 fully saturated rings. The summed E-state index contributed by atoms with van der Waals surface area (Å²) >= 11 is 0. The number of aromatic nitrogens is 2. The number of fused-ring (bicyclic) bond motifs is 3. The van der Waals surface area contributed by atoms with E-state index in [4.69, 9.17) is 4.74 Å². The van der Waals surface area contributed by atoms with Crippen molar-refractivity contribution in [2.24, 2.45) is 0 Å². The maximum absolute atomic E-state index is 13.2. The fourth-order valence-electron chi connectivity index (χ4n) is 5.04. The number of aliphatic hydroxyl groups excluding tert-OH is 1. The lowest BCUT2D eigenvalue weighted by Crippen LogP contribution is -2.58. The highest BCUT2D eigenvalue weighted by atomic mass is 19.4. The molecule has 4 heterocycles. The molecule has 1 unspecified atom stereocenters. The van der Waals surface area contributed by atoms with Gasteiger partial charge in [0.15, 0.2) is 6.19 Å². The fourth-order valence-corrected chi connectivity index (χ4v) is 5.04. The number of rotatable bonds is 8. The molecule has 2 aliphatic rings. The number of nitriles is 1. The van der Waals surface area contributed by atoms with Crippen LogP contribution >= 0.6 is 0 Å². The van der Waals surface area contributed by atoms with E-state index in [1.807, 2.05) is 16.1 Å². The van der Waals surface area contributed by atoms with Gasteiger partial charge < -0.3 is 29.9 Å². The summed E-state index contributed by atoms with van der Waals surface area (Å²) in [4.78, 5) is 22.8. The molecule has 0 amide bonds. The summed E-state index contributed by atoms with van der Waals surface area (Å²) in [7, 11) is 0. The van der Waals surface area contributed by atoms with E-state index in [9.17, 15) is 41.5 Å². The van der Waals surface area contributed by atoms with Crippen LogP contribution in [0.25, 0.3) is 0 Å². The van der Waals surface area contributed by atoms with Crippen molar-refractivity contribution in [3.63, 3.8) is 0 Å². The van der Waals surface area contributed by atoms with E-state index in [-0.39, 0.29) is 44.5 Å². The second-order valence-electron chi connectivity index (χ2n) is 10.0. The molecule has 3 N–H and O–H groups in total. The standard InChI is InChI=1S/C25H29F6N7O3/c1-15(35-19-2-4-33-23(40)21(19)25(29,30)31)13-41-7-3-20(39)37-5-6-38-18(12-37)11-36(14-32)10-16-8-17(24(26,27)28)9-34-22(16)38/h2,4,8-9,15,18,20,39H,3,5-7,10-13H2,1H3,(H2,33,35,40)/t15-,18-,20?/m0/s1. The molecule has 41 heavy (non-hydrogen) atoms. The normalized spacial score (nSPS) is 19.5. The smallest absolute Gasteiger partial charge is 0.380 e. The number of H-pyrrole nitrogens is 1. The third-order valence-corrected chi connectivity index (χ3v) is 6.95. The van der Waals surface area contributed by atoms with Crippen molar-refractivity contribution in [1.29, 1.82) is 5.26 Å². The predicted octanol–water partition coefficient (Wildman–Crippen LogP) is 2.82. The van der Waals surface area contributed by atoms with Gasteiger partial charge in [0, 0.05) is 50.1 Å². The Morgan fingerprint density at radius 3 is 2.68 bits per heavy atom. The van der Waals surface area contributed by atoms with Crippen molar-refractivity contribution < 1.29 is 36.2 Å². The van der Waals surface area contributed by atoms with Gasteiger partial charge in [-0.05, 0) is 19.1 Å². The molecule has 0 bridgehead atoms. The van der Waals surface area contributed by atoms with E-state index in [1.165, 1.54) is 4.90 Å². The van der Waals surface area contributed by atoms with E-state index in [2.05, 4.69) is 10.3 Å². The van der Waals surface area contributed by atoms with Gasteiger partial charge in [-0.25, -0.2) is 4.98 Å². The van der Waals surface area contributed by atoms with Crippen molar-refractivity contribution in [2.45, 2.75) is 50.6 Å². The number of piperazine rings is 1. The first-order valence-corrected chi connectivity index (χ1v) is 12.8. The Balaban J connectivity index is 1.31. The van der Waals surface area contributed by atoms with Crippen LogP contribution in [0, 0.1) is 11.5 Å². The number of anilines is 2. The number of hydrogen-bond acceptors (Lipinski definition) is 9. The van der Waals surface area contributed by atoms with Crippen LogP contribution in [0.2, 0.25) is 0 Å². The van der Waals surface area contributed by atoms with Gasteiger partial charge in [0.05, 0.1) is 43.6 Å². The zero-order chi connectivity index (χ0) is 29.9. The Bertz CT molecular complexity index is 1310.